The molecule has 2 heteroatoms. The predicted molar refractivity (Wildman–Crippen MR) is 56.5 cm³/mol. The largest absolute Gasteiger partial charge is 0.118 e. The molecular formula is C10H8BrCl. The lowest BCUT2D eigenvalue weighted by Gasteiger charge is -2.13. The van der Waals surface area contributed by atoms with Gasteiger partial charge in [0.2, 0.25) is 0 Å². The van der Waals surface area contributed by atoms with Gasteiger partial charge in [-0.3, -0.25) is 0 Å². The van der Waals surface area contributed by atoms with E-state index in [-0.39, 0.29) is 5.38 Å². The lowest BCUT2D eigenvalue weighted by atomic mass is 9.97. The summed E-state index contributed by atoms with van der Waals surface area (Å²) in [7, 11) is 0. The molecule has 0 bridgehead atoms. The van der Waals surface area contributed by atoms with E-state index in [1.807, 2.05) is 6.08 Å². The number of allylic oxidation sites excluding steroid dienone is 1. The van der Waals surface area contributed by atoms with Crippen molar-refractivity contribution in [2.24, 2.45) is 0 Å². The summed E-state index contributed by atoms with van der Waals surface area (Å²) in [6.07, 6.45) is 5.07. The maximum absolute atomic E-state index is 5.99. The van der Waals surface area contributed by atoms with Gasteiger partial charge in [-0.2, -0.15) is 0 Å². The fourth-order valence-corrected chi connectivity index (χ4v) is 2.01. The molecule has 12 heavy (non-hydrogen) atoms. The molecule has 1 unspecified atom stereocenters. The summed E-state index contributed by atoms with van der Waals surface area (Å²) in [4.78, 5) is 0. The summed E-state index contributed by atoms with van der Waals surface area (Å²) < 4.78 is 1.12. The average molecular weight is 244 g/mol. The van der Waals surface area contributed by atoms with E-state index in [2.05, 4.69) is 40.2 Å². The molecule has 62 valence electrons. The molecule has 0 radical (unpaired) electrons. The minimum atomic E-state index is 0.165. The van der Waals surface area contributed by atoms with Crippen molar-refractivity contribution >= 4 is 33.6 Å². The highest BCUT2D eigenvalue weighted by molar-refractivity contribution is 9.10. The van der Waals surface area contributed by atoms with Gasteiger partial charge in [-0.15, -0.1) is 11.6 Å². The molecule has 0 saturated heterocycles. The molecule has 1 aliphatic rings. The van der Waals surface area contributed by atoms with Crippen molar-refractivity contribution < 1.29 is 0 Å². The van der Waals surface area contributed by atoms with Gasteiger partial charge in [0.1, 0.15) is 0 Å². The summed E-state index contributed by atoms with van der Waals surface area (Å²) in [6, 6.07) is 6.30. The van der Waals surface area contributed by atoms with E-state index < -0.39 is 0 Å². The highest BCUT2D eigenvalue weighted by Gasteiger charge is 2.10. The van der Waals surface area contributed by atoms with Crippen LogP contribution in [0.3, 0.4) is 0 Å². The van der Waals surface area contributed by atoms with Crippen LogP contribution in [0.1, 0.15) is 11.1 Å². The Morgan fingerprint density at radius 3 is 3.08 bits per heavy atom. The molecule has 1 atom stereocenters. The van der Waals surface area contributed by atoms with Gasteiger partial charge in [-0.1, -0.05) is 34.1 Å². The number of rotatable bonds is 0. The maximum Gasteiger partial charge on any atom is 0.0559 e. The summed E-state index contributed by atoms with van der Waals surface area (Å²) >= 11 is 9.42. The minimum Gasteiger partial charge on any atom is -0.118 e. The first kappa shape index (κ1) is 8.33. The van der Waals surface area contributed by atoms with Crippen LogP contribution in [-0.4, -0.2) is 5.38 Å². The average Bonchev–Trinajstić information content (AvgIpc) is 2.05. The standard InChI is InChI=1S/C10H8BrCl/c11-9-3-1-8-6-10(12)4-2-7(8)5-9/h1-5,10H,6H2. The van der Waals surface area contributed by atoms with Crippen LogP contribution in [0.4, 0.5) is 0 Å². The molecule has 0 N–H and O–H groups in total. The zero-order chi connectivity index (χ0) is 8.55. The lowest BCUT2D eigenvalue weighted by molar-refractivity contribution is 0.992. The Bertz CT molecular complexity index is 331. The van der Waals surface area contributed by atoms with Crippen LogP contribution in [0.15, 0.2) is 28.7 Å². The van der Waals surface area contributed by atoms with Gasteiger partial charge >= 0.3 is 0 Å². The molecule has 1 aromatic rings. The molecule has 0 amide bonds. The Labute approximate surface area is 85.4 Å². The fourth-order valence-electron chi connectivity index (χ4n) is 1.39. The lowest BCUT2D eigenvalue weighted by Crippen LogP contribution is -2.05. The predicted octanol–water partition coefficient (Wildman–Crippen LogP) is 3.63. The van der Waals surface area contributed by atoms with E-state index in [1.165, 1.54) is 11.1 Å². The summed E-state index contributed by atoms with van der Waals surface area (Å²) in [5, 5.41) is 0.165. The second kappa shape index (κ2) is 3.23. The zero-order valence-electron chi connectivity index (χ0n) is 6.43. The van der Waals surface area contributed by atoms with E-state index in [9.17, 15) is 0 Å². The van der Waals surface area contributed by atoms with Crippen molar-refractivity contribution in [3.8, 4) is 0 Å². The molecule has 0 nitrogen and oxygen atoms in total. The van der Waals surface area contributed by atoms with Gasteiger partial charge in [0.25, 0.3) is 0 Å². The third-order valence-electron chi connectivity index (χ3n) is 2.01. The second-order valence-corrected chi connectivity index (χ2v) is 4.40. The van der Waals surface area contributed by atoms with Crippen molar-refractivity contribution in [1.29, 1.82) is 0 Å². The Balaban J connectivity index is 2.47. The number of alkyl halides is 1. The van der Waals surface area contributed by atoms with Gasteiger partial charge in [-0.25, -0.2) is 0 Å². The number of fused-ring (bicyclic) bond motifs is 1. The van der Waals surface area contributed by atoms with Crippen LogP contribution < -0.4 is 0 Å². The summed E-state index contributed by atoms with van der Waals surface area (Å²) in [6.45, 7) is 0. The van der Waals surface area contributed by atoms with E-state index in [4.69, 9.17) is 11.6 Å². The van der Waals surface area contributed by atoms with Crippen molar-refractivity contribution in [3.63, 3.8) is 0 Å². The van der Waals surface area contributed by atoms with Gasteiger partial charge in [0.05, 0.1) is 5.38 Å². The van der Waals surface area contributed by atoms with Crippen LogP contribution >= 0.6 is 27.5 Å². The molecule has 0 fully saturated rings. The highest BCUT2D eigenvalue weighted by Crippen LogP contribution is 2.24. The molecule has 1 aliphatic carbocycles. The first-order valence-electron chi connectivity index (χ1n) is 3.86. The number of halogens is 2. The Hall–Kier alpha value is -0.270. The summed E-state index contributed by atoms with van der Waals surface area (Å²) in [5.74, 6) is 0. The molecule has 0 aliphatic heterocycles. The zero-order valence-corrected chi connectivity index (χ0v) is 8.77. The topological polar surface area (TPSA) is 0 Å². The Morgan fingerprint density at radius 2 is 2.25 bits per heavy atom. The van der Waals surface area contributed by atoms with E-state index >= 15 is 0 Å². The van der Waals surface area contributed by atoms with Crippen LogP contribution in [0, 0.1) is 0 Å². The number of hydrogen-bond acceptors (Lipinski definition) is 0. The van der Waals surface area contributed by atoms with Gasteiger partial charge in [-0.05, 0) is 29.7 Å². The smallest absolute Gasteiger partial charge is 0.0559 e. The Kier molecular flexibility index (Phi) is 2.24. The molecule has 0 aromatic heterocycles. The third kappa shape index (κ3) is 1.57. The van der Waals surface area contributed by atoms with E-state index in [1.54, 1.807) is 0 Å². The van der Waals surface area contributed by atoms with Crippen molar-refractivity contribution in [1.82, 2.24) is 0 Å². The molecular weight excluding hydrogens is 235 g/mol. The van der Waals surface area contributed by atoms with Crippen LogP contribution in [0.2, 0.25) is 0 Å². The molecule has 0 saturated carbocycles. The Morgan fingerprint density at radius 1 is 1.42 bits per heavy atom. The molecule has 2 rings (SSSR count). The van der Waals surface area contributed by atoms with E-state index in [0.29, 0.717) is 0 Å². The summed E-state index contributed by atoms with van der Waals surface area (Å²) in [5.41, 5.74) is 2.61. The first-order chi connectivity index (χ1) is 5.75. The van der Waals surface area contributed by atoms with Crippen molar-refractivity contribution in [2.45, 2.75) is 11.8 Å². The highest BCUT2D eigenvalue weighted by atomic mass is 79.9. The van der Waals surface area contributed by atoms with Crippen LogP contribution in [0.5, 0.6) is 0 Å². The van der Waals surface area contributed by atoms with Gasteiger partial charge in [0.15, 0.2) is 0 Å². The van der Waals surface area contributed by atoms with Crippen LogP contribution in [0.25, 0.3) is 6.08 Å². The number of hydrogen-bond donors (Lipinski definition) is 0. The quantitative estimate of drug-likeness (QED) is 0.611. The minimum absolute atomic E-state index is 0.165. The molecule has 0 heterocycles. The fraction of sp³-hybridized carbons (Fsp3) is 0.200. The number of benzene rings is 1. The van der Waals surface area contributed by atoms with E-state index in [0.717, 1.165) is 10.9 Å². The maximum atomic E-state index is 5.99. The van der Waals surface area contributed by atoms with Crippen molar-refractivity contribution in [2.75, 3.05) is 0 Å². The normalized spacial score (nSPS) is 20.7. The van der Waals surface area contributed by atoms with Crippen molar-refractivity contribution in [3.05, 3.63) is 39.9 Å². The van der Waals surface area contributed by atoms with Gasteiger partial charge in [0, 0.05) is 4.47 Å². The van der Waals surface area contributed by atoms with Crippen LogP contribution in [-0.2, 0) is 6.42 Å². The first-order valence-corrected chi connectivity index (χ1v) is 5.09. The molecule has 1 aromatic carbocycles. The van der Waals surface area contributed by atoms with Gasteiger partial charge < -0.3 is 0 Å². The third-order valence-corrected chi connectivity index (χ3v) is 2.80. The second-order valence-electron chi connectivity index (χ2n) is 2.92. The SMILES string of the molecule is ClC1C=Cc2cc(Br)ccc2C1. The molecule has 0 spiro atoms. The monoisotopic (exact) mass is 242 g/mol.